The molecule has 0 aromatic rings. The second-order valence-electron chi connectivity index (χ2n) is 3.96. The van der Waals surface area contributed by atoms with Gasteiger partial charge in [0.2, 0.25) is 0 Å². The highest BCUT2D eigenvalue weighted by Gasteiger charge is 2.19. The van der Waals surface area contributed by atoms with Crippen molar-refractivity contribution < 1.29 is 10.3 Å². The zero-order valence-electron chi connectivity index (χ0n) is 8.56. The average molecular weight is 201 g/mol. The van der Waals surface area contributed by atoms with E-state index in [4.69, 9.17) is 10.9 Å². The smallest absolute Gasteiger partial charge is 0.143 e. The third-order valence-electron chi connectivity index (χ3n) is 2.71. The van der Waals surface area contributed by atoms with Crippen molar-refractivity contribution >= 4 is 5.84 Å². The van der Waals surface area contributed by atoms with E-state index in [1.54, 1.807) is 0 Å². The molecule has 0 amide bonds. The van der Waals surface area contributed by atoms with Crippen molar-refractivity contribution in [1.82, 2.24) is 4.90 Å². The fourth-order valence-electron chi connectivity index (χ4n) is 1.68. The Kier molecular flexibility index (Phi) is 4.16. The summed E-state index contributed by atoms with van der Waals surface area (Å²) in [5, 5.41) is 20.8. The van der Waals surface area contributed by atoms with Gasteiger partial charge in [0, 0.05) is 25.6 Å². The van der Waals surface area contributed by atoms with Gasteiger partial charge in [-0.05, 0) is 12.8 Å². The molecule has 1 fully saturated rings. The molecule has 0 aliphatic carbocycles. The number of amidine groups is 1. The quantitative estimate of drug-likeness (QED) is 0.256. The summed E-state index contributed by atoms with van der Waals surface area (Å²) >= 11 is 0. The Morgan fingerprint density at radius 2 is 2.14 bits per heavy atom. The molecule has 0 radical (unpaired) electrons. The van der Waals surface area contributed by atoms with Gasteiger partial charge in [-0.25, -0.2) is 0 Å². The molecular formula is C9H19N3O2. The van der Waals surface area contributed by atoms with Crippen LogP contribution in [0.1, 0.15) is 19.8 Å². The summed E-state index contributed by atoms with van der Waals surface area (Å²) in [5.41, 5.74) is 5.48. The van der Waals surface area contributed by atoms with E-state index in [0.29, 0.717) is 0 Å². The van der Waals surface area contributed by atoms with E-state index in [2.05, 4.69) is 10.1 Å². The lowest BCUT2D eigenvalue weighted by Crippen LogP contribution is -2.41. The molecule has 1 rings (SSSR count). The van der Waals surface area contributed by atoms with Gasteiger partial charge >= 0.3 is 0 Å². The molecule has 0 spiro atoms. The topological polar surface area (TPSA) is 82.1 Å². The fraction of sp³-hybridized carbons (Fsp3) is 0.889. The number of rotatable bonds is 3. The van der Waals surface area contributed by atoms with Crippen LogP contribution in [0.3, 0.4) is 0 Å². The van der Waals surface area contributed by atoms with Crippen molar-refractivity contribution in [3.63, 3.8) is 0 Å². The predicted octanol–water partition coefficient (Wildman–Crippen LogP) is -0.174. The fourth-order valence-corrected chi connectivity index (χ4v) is 1.68. The summed E-state index contributed by atoms with van der Waals surface area (Å²) in [6.45, 7) is 4.51. The Balaban J connectivity index is 2.31. The van der Waals surface area contributed by atoms with Crippen LogP contribution in [0.2, 0.25) is 0 Å². The number of nitrogens with zero attached hydrogens (tertiary/aromatic N) is 2. The maximum atomic E-state index is 9.30. The van der Waals surface area contributed by atoms with Gasteiger partial charge < -0.3 is 20.9 Å². The maximum Gasteiger partial charge on any atom is 0.143 e. The number of hydrogen-bond donors (Lipinski definition) is 3. The summed E-state index contributed by atoms with van der Waals surface area (Å²) in [5.74, 6) is 0.339. The molecule has 0 saturated carbocycles. The van der Waals surface area contributed by atoms with Gasteiger partial charge in [0.05, 0.1) is 6.10 Å². The van der Waals surface area contributed by atoms with Crippen LogP contribution in [-0.2, 0) is 0 Å². The van der Waals surface area contributed by atoms with Crippen LogP contribution in [0.25, 0.3) is 0 Å². The van der Waals surface area contributed by atoms with Crippen LogP contribution in [0.4, 0.5) is 0 Å². The molecule has 1 saturated heterocycles. The maximum absolute atomic E-state index is 9.30. The highest BCUT2D eigenvalue weighted by atomic mass is 16.4. The Bertz CT molecular complexity index is 200. The first kappa shape index (κ1) is 11.3. The lowest BCUT2D eigenvalue weighted by Gasteiger charge is -2.31. The van der Waals surface area contributed by atoms with Gasteiger partial charge in [0.15, 0.2) is 0 Å². The van der Waals surface area contributed by atoms with Crippen molar-refractivity contribution in [3.8, 4) is 0 Å². The molecule has 0 aromatic carbocycles. The largest absolute Gasteiger partial charge is 0.409 e. The molecule has 1 aliphatic heterocycles. The Labute approximate surface area is 84.2 Å². The van der Waals surface area contributed by atoms with Crippen LogP contribution >= 0.6 is 0 Å². The molecule has 1 atom stereocenters. The number of piperidine rings is 1. The van der Waals surface area contributed by atoms with E-state index in [-0.39, 0.29) is 17.9 Å². The molecule has 14 heavy (non-hydrogen) atoms. The molecule has 5 heteroatoms. The third kappa shape index (κ3) is 3.16. The van der Waals surface area contributed by atoms with Crippen LogP contribution in [0.15, 0.2) is 5.16 Å². The van der Waals surface area contributed by atoms with E-state index in [0.717, 1.165) is 32.5 Å². The highest BCUT2D eigenvalue weighted by molar-refractivity contribution is 5.82. The minimum atomic E-state index is -0.148. The predicted molar refractivity (Wildman–Crippen MR) is 54.3 cm³/mol. The molecule has 1 aliphatic rings. The minimum Gasteiger partial charge on any atom is -0.409 e. The number of aliphatic hydroxyl groups excluding tert-OH is 1. The van der Waals surface area contributed by atoms with Crippen molar-refractivity contribution in [3.05, 3.63) is 0 Å². The van der Waals surface area contributed by atoms with E-state index >= 15 is 0 Å². The normalized spacial score (nSPS) is 23.7. The monoisotopic (exact) mass is 201 g/mol. The number of aliphatic hydroxyl groups is 1. The summed E-state index contributed by atoms with van der Waals surface area (Å²) < 4.78 is 0. The minimum absolute atomic E-state index is 0.0650. The number of likely N-dealkylation sites (tertiary alicyclic amines) is 1. The molecule has 5 nitrogen and oxygen atoms in total. The van der Waals surface area contributed by atoms with Crippen molar-refractivity contribution in [2.45, 2.75) is 25.9 Å². The number of nitrogens with two attached hydrogens (primary N) is 1. The Morgan fingerprint density at radius 3 is 2.64 bits per heavy atom. The zero-order valence-corrected chi connectivity index (χ0v) is 8.56. The number of hydrogen-bond acceptors (Lipinski definition) is 4. The molecule has 0 bridgehead atoms. The van der Waals surface area contributed by atoms with Crippen molar-refractivity contribution in [2.24, 2.45) is 16.8 Å². The first-order valence-corrected chi connectivity index (χ1v) is 5.01. The van der Waals surface area contributed by atoms with Gasteiger partial charge in [-0.3, -0.25) is 0 Å². The Morgan fingerprint density at radius 1 is 1.57 bits per heavy atom. The number of oxime groups is 1. The summed E-state index contributed by atoms with van der Waals surface area (Å²) in [6.07, 6.45) is 1.50. The van der Waals surface area contributed by atoms with Crippen molar-refractivity contribution in [1.29, 1.82) is 0 Å². The van der Waals surface area contributed by atoms with Gasteiger partial charge in [0.1, 0.15) is 5.84 Å². The van der Waals surface area contributed by atoms with E-state index in [1.165, 1.54) is 0 Å². The summed E-state index contributed by atoms with van der Waals surface area (Å²) in [4.78, 5) is 2.23. The molecule has 0 aromatic heterocycles. The third-order valence-corrected chi connectivity index (χ3v) is 2.71. The first-order chi connectivity index (χ1) is 6.63. The Hall–Kier alpha value is -0.810. The van der Waals surface area contributed by atoms with Crippen LogP contribution in [-0.4, -0.2) is 46.8 Å². The zero-order chi connectivity index (χ0) is 10.6. The van der Waals surface area contributed by atoms with E-state index in [1.807, 2.05) is 6.92 Å². The van der Waals surface area contributed by atoms with Gasteiger partial charge in [-0.2, -0.15) is 0 Å². The second kappa shape index (κ2) is 5.17. The highest BCUT2D eigenvalue weighted by Crippen LogP contribution is 2.11. The average Bonchev–Trinajstić information content (AvgIpc) is 2.20. The van der Waals surface area contributed by atoms with Crippen LogP contribution in [0.5, 0.6) is 0 Å². The van der Waals surface area contributed by atoms with Gasteiger partial charge in [-0.15, -0.1) is 0 Å². The molecular weight excluding hydrogens is 182 g/mol. The first-order valence-electron chi connectivity index (χ1n) is 5.01. The molecule has 1 heterocycles. The van der Waals surface area contributed by atoms with Crippen LogP contribution < -0.4 is 5.73 Å². The van der Waals surface area contributed by atoms with Crippen molar-refractivity contribution in [2.75, 3.05) is 19.6 Å². The molecule has 82 valence electrons. The second-order valence-corrected chi connectivity index (χ2v) is 3.96. The van der Waals surface area contributed by atoms with E-state index in [9.17, 15) is 5.11 Å². The lowest BCUT2D eigenvalue weighted by atomic mass is 10.1. The summed E-state index contributed by atoms with van der Waals surface area (Å²) in [6, 6.07) is 0. The lowest BCUT2D eigenvalue weighted by molar-refractivity contribution is 0.0795. The SMILES string of the molecule is CC(CN1CCC(O)CC1)/C(N)=N/O. The van der Waals surface area contributed by atoms with E-state index < -0.39 is 0 Å². The van der Waals surface area contributed by atoms with Gasteiger partial charge in [-0.1, -0.05) is 12.1 Å². The molecule has 4 N–H and O–H groups in total. The molecule has 1 unspecified atom stereocenters. The standard InChI is InChI=1S/C9H19N3O2/c1-7(9(10)11-14)6-12-4-2-8(13)3-5-12/h7-8,13-14H,2-6H2,1H3,(H2,10,11). The summed E-state index contributed by atoms with van der Waals surface area (Å²) in [7, 11) is 0. The van der Waals surface area contributed by atoms with Gasteiger partial charge in [0.25, 0.3) is 0 Å². The van der Waals surface area contributed by atoms with Crippen LogP contribution in [0, 0.1) is 5.92 Å².